The topological polar surface area (TPSA) is 495 Å². The first-order valence-electron chi connectivity index (χ1n) is 38.0. The molecule has 4 saturated heterocycles. The number of carbonyl (C=O) groups is 3. The summed E-state index contributed by atoms with van der Waals surface area (Å²) in [6, 6.07) is -1.92. The van der Waals surface area contributed by atoms with Gasteiger partial charge >= 0.3 is 0 Å². The molecular weight excluding hydrogens is 1500 g/mol. The van der Waals surface area contributed by atoms with Crippen LogP contribution in [0.4, 0.5) is 0 Å². The number of rotatable bonds is 63. The number of aromatic nitrogens is 9. The number of fused-ring (bicyclic) bond motifs is 2. The lowest BCUT2D eigenvalue weighted by Gasteiger charge is -2.47. The fourth-order valence-corrected chi connectivity index (χ4v) is 12.3. The molecule has 42 heteroatoms. The summed E-state index contributed by atoms with van der Waals surface area (Å²) in [7, 11) is 2.75. The number of hydrogen-bond acceptors (Lipinski definition) is 36. The Balaban J connectivity index is 0.806. The van der Waals surface area contributed by atoms with Crippen LogP contribution in [0.2, 0.25) is 0 Å². The van der Waals surface area contributed by atoms with Crippen molar-refractivity contribution in [2.75, 3.05) is 199 Å². The van der Waals surface area contributed by atoms with E-state index in [2.05, 4.69) is 52.8 Å². The molecule has 0 aromatic carbocycles. The van der Waals surface area contributed by atoms with Gasteiger partial charge in [0.2, 0.25) is 17.7 Å². The van der Waals surface area contributed by atoms with E-state index in [0.717, 1.165) is 0 Å². The second kappa shape index (κ2) is 51.5. The number of amides is 3. The summed E-state index contributed by atoms with van der Waals surface area (Å²) < 4.78 is 126. The van der Waals surface area contributed by atoms with Gasteiger partial charge in [-0.1, -0.05) is 15.6 Å². The molecule has 0 aliphatic carbocycles. The summed E-state index contributed by atoms with van der Waals surface area (Å²) >= 11 is 0. The zero-order valence-electron chi connectivity index (χ0n) is 65.7. The zero-order chi connectivity index (χ0) is 81.2. The fraction of sp³-hybridized carbons (Fsp3) is 0.845. The SMILES string of the molecule is C#CCCCCC(=O)NC(COCc1cn(CCOCCOCCOCCOCC2(C)OC(OC)C(NC(C)=O)C(O)C2O)nn1)(COCc1cn(CCOCCOCCOCCOCC2(C)OC(OC)C(NC(C)=O)C(O)C2O)nn1)COCc1cn(CCOCCOCCOCCOCC23COC(CC(O)C2O)O3)nn1. The van der Waals surface area contributed by atoms with Crippen molar-refractivity contribution in [3.8, 4) is 12.3 Å². The Hall–Kier alpha value is -5.69. The molecule has 0 radical (unpaired) electrons. The lowest BCUT2D eigenvalue weighted by molar-refractivity contribution is -0.304. The van der Waals surface area contributed by atoms with Crippen LogP contribution in [0, 0.1) is 12.3 Å². The second-order valence-electron chi connectivity index (χ2n) is 27.9. The van der Waals surface area contributed by atoms with Gasteiger partial charge in [-0.25, -0.2) is 14.0 Å². The number of aliphatic hydroxyl groups excluding tert-OH is 6. The van der Waals surface area contributed by atoms with Crippen molar-refractivity contribution in [2.45, 2.75) is 189 Å². The minimum Gasteiger partial charge on any atom is -0.390 e. The number of nitrogens with one attached hydrogen (secondary N) is 3. The number of aliphatic hydroxyl groups is 6. The highest BCUT2D eigenvalue weighted by atomic mass is 16.8. The molecule has 3 aromatic rings. The van der Waals surface area contributed by atoms with E-state index >= 15 is 0 Å². The van der Waals surface area contributed by atoms with Crippen molar-refractivity contribution >= 4 is 17.7 Å². The maximum atomic E-state index is 13.8. The van der Waals surface area contributed by atoms with E-state index in [1.807, 2.05) is 0 Å². The molecule has 644 valence electrons. The Bertz CT molecular complexity index is 3030. The Morgan fingerprint density at radius 3 is 1.21 bits per heavy atom. The average Bonchev–Trinajstić information content (AvgIpc) is 1.61. The molecule has 113 heavy (non-hydrogen) atoms. The first-order valence-corrected chi connectivity index (χ1v) is 38.0. The molecule has 4 aliphatic rings. The summed E-state index contributed by atoms with van der Waals surface area (Å²) in [5.41, 5.74) is -3.43. The molecule has 7 heterocycles. The van der Waals surface area contributed by atoms with Crippen LogP contribution in [0.1, 0.15) is 76.9 Å². The van der Waals surface area contributed by atoms with Crippen LogP contribution in [0.15, 0.2) is 18.6 Å². The Kier molecular flexibility index (Phi) is 43.0. The zero-order valence-corrected chi connectivity index (χ0v) is 65.7. The third-order valence-electron chi connectivity index (χ3n) is 18.3. The van der Waals surface area contributed by atoms with Crippen molar-refractivity contribution in [3.05, 3.63) is 35.7 Å². The fourth-order valence-electron chi connectivity index (χ4n) is 12.3. The number of nitrogens with zero attached hydrogens (tertiary/aromatic N) is 9. The van der Waals surface area contributed by atoms with Gasteiger partial charge in [-0.3, -0.25) is 14.4 Å². The van der Waals surface area contributed by atoms with Gasteiger partial charge < -0.3 is 146 Å². The Morgan fingerprint density at radius 1 is 0.504 bits per heavy atom. The monoisotopic (exact) mass is 1620 g/mol. The molecule has 7 rings (SSSR count). The molecule has 3 amide bonds. The smallest absolute Gasteiger partial charge is 0.220 e. The molecule has 4 fully saturated rings. The largest absolute Gasteiger partial charge is 0.390 e. The summed E-state index contributed by atoms with van der Waals surface area (Å²) in [6.07, 6.45) is 2.80. The minimum atomic E-state index is -1.36. The molecule has 0 saturated carbocycles. The van der Waals surface area contributed by atoms with Crippen molar-refractivity contribution in [1.82, 2.24) is 60.9 Å². The summed E-state index contributed by atoms with van der Waals surface area (Å²) in [5, 5.41) is 97.3. The van der Waals surface area contributed by atoms with E-state index in [-0.39, 0.29) is 118 Å². The van der Waals surface area contributed by atoms with Crippen molar-refractivity contribution in [2.24, 2.45) is 0 Å². The molecule has 14 atom stereocenters. The second-order valence-corrected chi connectivity index (χ2v) is 27.9. The van der Waals surface area contributed by atoms with E-state index < -0.39 is 102 Å². The number of carbonyl (C=O) groups excluding carboxylic acids is 3. The van der Waals surface area contributed by atoms with Crippen LogP contribution >= 0.6 is 0 Å². The number of hydrogen-bond donors (Lipinski definition) is 9. The van der Waals surface area contributed by atoms with Crippen LogP contribution in [-0.4, -0.2) is 382 Å². The predicted octanol–water partition coefficient (Wildman–Crippen LogP) is -4.13. The van der Waals surface area contributed by atoms with Gasteiger partial charge in [0.1, 0.15) is 82.0 Å². The molecular formula is C71H120N12O30. The van der Waals surface area contributed by atoms with Gasteiger partial charge in [-0.15, -0.1) is 27.6 Å². The molecule has 9 N–H and O–H groups in total. The summed E-state index contributed by atoms with van der Waals surface area (Å²) in [5.74, 6) is 1.53. The number of terminal acetylenes is 1. The Labute approximate surface area is 657 Å². The van der Waals surface area contributed by atoms with E-state index in [4.69, 9.17) is 106 Å². The third kappa shape index (κ3) is 33.0. The highest BCUT2D eigenvalue weighted by molar-refractivity contribution is 5.77. The lowest BCUT2D eigenvalue weighted by atomic mass is 9.87. The van der Waals surface area contributed by atoms with Crippen LogP contribution in [0.25, 0.3) is 0 Å². The van der Waals surface area contributed by atoms with Gasteiger partial charge in [0.25, 0.3) is 0 Å². The number of ether oxygens (including phenoxy) is 21. The van der Waals surface area contributed by atoms with Crippen molar-refractivity contribution in [1.29, 1.82) is 0 Å². The normalized spacial score (nSPS) is 26.2. The lowest BCUT2D eigenvalue weighted by Crippen LogP contribution is -2.69. The first-order chi connectivity index (χ1) is 54.6. The molecule has 0 spiro atoms. The molecule has 14 unspecified atom stereocenters. The van der Waals surface area contributed by atoms with Crippen LogP contribution < -0.4 is 16.0 Å². The van der Waals surface area contributed by atoms with Gasteiger partial charge in [0.15, 0.2) is 18.9 Å². The minimum absolute atomic E-state index is 0.0104. The number of unbranched alkanes of at least 4 members (excludes halogenated alkanes) is 2. The van der Waals surface area contributed by atoms with Gasteiger partial charge in [-0.05, 0) is 26.7 Å². The van der Waals surface area contributed by atoms with E-state index in [9.17, 15) is 45.0 Å². The summed E-state index contributed by atoms with van der Waals surface area (Å²) in [4.78, 5) is 37.1. The average molecular weight is 1620 g/mol. The molecule has 42 nitrogen and oxygen atoms in total. The highest BCUT2D eigenvalue weighted by Crippen LogP contribution is 2.37. The standard InChI is InChI=1S/C71H120N12O30/c1-8-9-10-11-12-57(87)74-70(48-109-43-55-40-83(80-77-55)15-18-97-21-24-100-27-30-103-33-36-106-49-71-50-110-58(111-71)37-56(86)63(71)90,46-107-41-53-38-81(78-75-53)13-16-95-19-22-98-25-28-101-31-34-104-44-68(4)64(91)61(88)59(72-51(2)84)66(93-6)112-68)47-108-42-54-39-82(79-76-54)14-17-96-20-23-99-26-29-102-32-35-105-45-69(5)65(92)62(89)60(73-52(3)85)67(94-7)113-69/h1,38-40,56,58-67,86,88-92H,9-37,41-50H2,2-7H3,(H,72,84)(H,73,85)(H,74,87). The molecule has 2 bridgehead atoms. The van der Waals surface area contributed by atoms with E-state index in [1.54, 1.807) is 46.5 Å². The number of methoxy groups -OCH3 is 2. The van der Waals surface area contributed by atoms with Crippen LogP contribution in [-0.2, 0) is 153 Å². The Morgan fingerprint density at radius 2 is 0.858 bits per heavy atom. The molecule has 3 aromatic heterocycles. The van der Waals surface area contributed by atoms with Crippen molar-refractivity contribution < 1.29 is 144 Å². The van der Waals surface area contributed by atoms with Gasteiger partial charge in [0.05, 0.1) is 249 Å². The van der Waals surface area contributed by atoms with Crippen LogP contribution in [0.5, 0.6) is 0 Å². The first kappa shape index (κ1) is 94.5. The maximum absolute atomic E-state index is 13.8. The van der Waals surface area contributed by atoms with Crippen LogP contribution in [0.3, 0.4) is 0 Å². The predicted molar refractivity (Wildman–Crippen MR) is 387 cm³/mol. The maximum Gasteiger partial charge on any atom is 0.220 e. The summed E-state index contributed by atoms with van der Waals surface area (Å²) in [6.45, 7) is 12.9. The third-order valence-corrected chi connectivity index (χ3v) is 18.3. The van der Waals surface area contributed by atoms with Crippen molar-refractivity contribution in [3.63, 3.8) is 0 Å². The van der Waals surface area contributed by atoms with E-state index in [1.165, 1.54) is 28.1 Å². The van der Waals surface area contributed by atoms with Gasteiger partial charge in [0, 0.05) is 47.3 Å². The quantitative estimate of drug-likeness (QED) is 0.0191. The van der Waals surface area contributed by atoms with Gasteiger partial charge in [-0.2, -0.15) is 0 Å². The van der Waals surface area contributed by atoms with E-state index in [0.29, 0.717) is 162 Å². The highest BCUT2D eigenvalue weighted by Gasteiger charge is 2.56. The molecule has 4 aliphatic heterocycles.